The van der Waals surface area contributed by atoms with Gasteiger partial charge in [0.1, 0.15) is 0 Å². The summed E-state index contributed by atoms with van der Waals surface area (Å²) in [4.78, 5) is 10.3. The minimum absolute atomic E-state index is 0.106. The van der Waals surface area contributed by atoms with Crippen molar-refractivity contribution in [2.75, 3.05) is 7.11 Å². The molecular weight excluding hydrogens is 170 g/mol. The SMILES string of the molecule is COC(C)(C)CC(N)CCC(=O)O. The Hall–Kier alpha value is -0.610. The van der Waals surface area contributed by atoms with Gasteiger partial charge in [0.25, 0.3) is 0 Å². The first-order valence-electron chi connectivity index (χ1n) is 4.40. The minimum Gasteiger partial charge on any atom is -0.481 e. The van der Waals surface area contributed by atoms with Gasteiger partial charge in [-0.25, -0.2) is 0 Å². The number of methoxy groups -OCH3 is 1. The molecule has 0 bridgehead atoms. The van der Waals surface area contributed by atoms with Gasteiger partial charge in [-0.05, 0) is 26.7 Å². The molecule has 0 aromatic heterocycles. The van der Waals surface area contributed by atoms with Gasteiger partial charge in [-0.15, -0.1) is 0 Å². The molecule has 0 aliphatic carbocycles. The number of hydrogen-bond donors (Lipinski definition) is 2. The van der Waals surface area contributed by atoms with Gasteiger partial charge in [0.05, 0.1) is 5.60 Å². The summed E-state index contributed by atoms with van der Waals surface area (Å²) in [6, 6.07) is -0.106. The lowest BCUT2D eigenvalue weighted by Gasteiger charge is -2.26. The highest BCUT2D eigenvalue weighted by Gasteiger charge is 2.20. The lowest BCUT2D eigenvalue weighted by molar-refractivity contribution is -0.137. The third kappa shape index (κ3) is 6.54. The molecule has 1 unspecified atom stereocenters. The van der Waals surface area contributed by atoms with Crippen molar-refractivity contribution in [3.63, 3.8) is 0 Å². The molecule has 0 rings (SSSR count). The number of aliphatic carboxylic acids is 1. The molecule has 0 amide bonds. The smallest absolute Gasteiger partial charge is 0.303 e. The van der Waals surface area contributed by atoms with Crippen molar-refractivity contribution in [1.82, 2.24) is 0 Å². The van der Waals surface area contributed by atoms with E-state index < -0.39 is 5.97 Å². The predicted octanol–water partition coefficient (Wildman–Crippen LogP) is 0.994. The topological polar surface area (TPSA) is 72.5 Å². The van der Waals surface area contributed by atoms with E-state index >= 15 is 0 Å². The molecule has 0 aliphatic rings. The molecule has 0 fully saturated rings. The van der Waals surface area contributed by atoms with E-state index in [-0.39, 0.29) is 18.1 Å². The molecule has 0 saturated heterocycles. The number of carboxylic acids is 1. The van der Waals surface area contributed by atoms with Crippen LogP contribution in [0.25, 0.3) is 0 Å². The average Bonchev–Trinajstić information content (AvgIpc) is 2.00. The Kier molecular flexibility index (Phi) is 4.95. The Morgan fingerprint density at radius 1 is 1.62 bits per heavy atom. The number of hydrogen-bond acceptors (Lipinski definition) is 3. The fourth-order valence-corrected chi connectivity index (χ4v) is 1.13. The molecule has 0 aromatic carbocycles. The minimum atomic E-state index is -0.800. The second-order valence-corrected chi connectivity index (χ2v) is 3.86. The van der Waals surface area contributed by atoms with Gasteiger partial charge >= 0.3 is 5.97 Å². The van der Waals surface area contributed by atoms with Crippen LogP contribution in [-0.4, -0.2) is 29.8 Å². The number of nitrogens with two attached hydrogens (primary N) is 1. The van der Waals surface area contributed by atoms with Crippen LogP contribution in [0.3, 0.4) is 0 Å². The van der Waals surface area contributed by atoms with E-state index in [0.717, 1.165) is 0 Å². The van der Waals surface area contributed by atoms with Crippen LogP contribution in [0.4, 0.5) is 0 Å². The van der Waals surface area contributed by atoms with Gasteiger partial charge in [0, 0.05) is 19.6 Å². The molecule has 78 valence electrons. The van der Waals surface area contributed by atoms with Crippen LogP contribution in [0, 0.1) is 0 Å². The van der Waals surface area contributed by atoms with Gasteiger partial charge in [0.15, 0.2) is 0 Å². The zero-order valence-corrected chi connectivity index (χ0v) is 8.54. The molecular formula is C9H19NO3. The summed E-state index contributed by atoms with van der Waals surface area (Å²) in [5.41, 5.74) is 5.47. The number of carboxylic acid groups (broad SMARTS) is 1. The fraction of sp³-hybridized carbons (Fsp3) is 0.889. The summed E-state index contributed by atoms with van der Waals surface area (Å²) in [5.74, 6) is -0.800. The van der Waals surface area contributed by atoms with E-state index in [2.05, 4.69) is 0 Å². The van der Waals surface area contributed by atoms with Crippen LogP contribution in [-0.2, 0) is 9.53 Å². The van der Waals surface area contributed by atoms with Crippen LogP contribution in [0.15, 0.2) is 0 Å². The molecule has 4 heteroatoms. The first-order chi connectivity index (χ1) is 5.87. The third-order valence-corrected chi connectivity index (χ3v) is 2.04. The molecule has 4 nitrogen and oxygen atoms in total. The summed E-state index contributed by atoms with van der Waals surface area (Å²) < 4.78 is 5.19. The predicted molar refractivity (Wildman–Crippen MR) is 50.6 cm³/mol. The molecule has 13 heavy (non-hydrogen) atoms. The van der Waals surface area contributed by atoms with E-state index in [0.29, 0.717) is 12.8 Å². The first-order valence-corrected chi connectivity index (χ1v) is 4.40. The summed E-state index contributed by atoms with van der Waals surface area (Å²) in [6.07, 6.45) is 1.31. The molecule has 0 aliphatic heterocycles. The van der Waals surface area contributed by atoms with Gasteiger partial charge in [-0.1, -0.05) is 0 Å². The van der Waals surface area contributed by atoms with Crippen LogP contribution < -0.4 is 5.73 Å². The third-order valence-electron chi connectivity index (χ3n) is 2.04. The average molecular weight is 189 g/mol. The molecule has 0 aromatic rings. The highest BCUT2D eigenvalue weighted by molar-refractivity contribution is 5.66. The van der Waals surface area contributed by atoms with Crippen molar-refractivity contribution in [3.05, 3.63) is 0 Å². The van der Waals surface area contributed by atoms with E-state index in [4.69, 9.17) is 15.6 Å². The van der Waals surface area contributed by atoms with Crippen LogP contribution in [0.1, 0.15) is 33.1 Å². The largest absolute Gasteiger partial charge is 0.481 e. The van der Waals surface area contributed by atoms with Gasteiger partial charge < -0.3 is 15.6 Å². The van der Waals surface area contributed by atoms with Crippen LogP contribution in [0.5, 0.6) is 0 Å². The van der Waals surface area contributed by atoms with E-state index in [1.54, 1.807) is 7.11 Å². The summed E-state index contributed by atoms with van der Waals surface area (Å²) in [7, 11) is 1.63. The summed E-state index contributed by atoms with van der Waals surface area (Å²) in [6.45, 7) is 3.88. The standard InChI is InChI=1S/C9H19NO3/c1-9(2,13-3)6-7(10)4-5-8(11)12/h7H,4-6,10H2,1-3H3,(H,11,12). The Labute approximate surface area is 79.1 Å². The van der Waals surface area contributed by atoms with Crippen LogP contribution in [0.2, 0.25) is 0 Å². The van der Waals surface area contributed by atoms with Gasteiger partial charge in [0.2, 0.25) is 0 Å². The maximum Gasteiger partial charge on any atom is 0.303 e. The number of carbonyl (C=O) groups is 1. The van der Waals surface area contributed by atoms with E-state index in [1.807, 2.05) is 13.8 Å². The van der Waals surface area contributed by atoms with Crippen molar-refractivity contribution in [2.24, 2.45) is 5.73 Å². The van der Waals surface area contributed by atoms with Gasteiger partial charge in [-0.2, -0.15) is 0 Å². The van der Waals surface area contributed by atoms with Gasteiger partial charge in [-0.3, -0.25) is 4.79 Å². The Morgan fingerprint density at radius 2 is 2.15 bits per heavy atom. The second kappa shape index (κ2) is 5.19. The van der Waals surface area contributed by atoms with Crippen molar-refractivity contribution >= 4 is 5.97 Å². The van der Waals surface area contributed by atoms with E-state index in [9.17, 15) is 4.79 Å². The molecule has 0 radical (unpaired) electrons. The monoisotopic (exact) mass is 189 g/mol. The van der Waals surface area contributed by atoms with Crippen molar-refractivity contribution in [2.45, 2.75) is 44.8 Å². The maximum atomic E-state index is 10.3. The van der Waals surface area contributed by atoms with Crippen molar-refractivity contribution in [3.8, 4) is 0 Å². The maximum absolute atomic E-state index is 10.3. The Balaban J connectivity index is 3.73. The number of ether oxygens (including phenoxy) is 1. The second-order valence-electron chi connectivity index (χ2n) is 3.86. The molecule has 0 heterocycles. The molecule has 3 N–H and O–H groups in total. The first kappa shape index (κ1) is 12.4. The normalized spacial score (nSPS) is 14.2. The summed E-state index contributed by atoms with van der Waals surface area (Å²) in [5, 5.41) is 8.43. The van der Waals surface area contributed by atoms with Crippen LogP contribution >= 0.6 is 0 Å². The molecule has 0 spiro atoms. The zero-order chi connectivity index (χ0) is 10.5. The highest BCUT2D eigenvalue weighted by Crippen LogP contribution is 2.16. The summed E-state index contributed by atoms with van der Waals surface area (Å²) >= 11 is 0. The van der Waals surface area contributed by atoms with Crippen molar-refractivity contribution in [1.29, 1.82) is 0 Å². The quantitative estimate of drug-likeness (QED) is 0.653. The van der Waals surface area contributed by atoms with Crippen molar-refractivity contribution < 1.29 is 14.6 Å². The fourth-order valence-electron chi connectivity index (χ4n) is 1.13. The zero-order valence-electron chi connectivity index (χ0n) is 8.54. The lowest BCUT2D eigenvalue weighted by atomic mass is 9.96. The van der Waals surface area contributed by atoms with E-state index in [1.165, 1.54) is 0 Å². The Bertz CT molecular complexity index is 168. The molecule has 1 atom stereocenters. The number of rotatable bonds is 6. The Morgan fingerprint density at radius 3 is 2.54 bits per heavy atom. The molecule has 0 saturated carbocycles. The highest BCUT2D eigenvalue weighted by atomic mass is 16.5. The lowest BCUT2D eigenvalue weighted by Crippen LogP contribution is -2.34.